The second-order valence-electron chi connectivity index (χ2n) is 5.28. The lowest BCUT2D eigenvalue weighted by Gasteiger charge is -2.12. The van der Waals surface area contributed by atoms with E-state index < -0.39 is 0 Å². The molecule has 0 unspecified atom stereocenters. The van der Waals surface area contributed by atoms with Gasteiger partial charge in [0, 0.05) is 24.3 Å². The number of benzene rings is 2. The molecule has 0 aliphatic carbocycles. The first-order valence-corrected chi connectivity index (χ1v) is 8.19. The van der Waals surface area contributed by atoms with E-state index in [2.05, 4.69) is 20.9 Å². The topological polar surface area (TPSA) is 65.5 Å². The van der Waals surface area contributed by atoms with Gasteiger partial charge in [0.1, 0.15) is 5.82 Å². The van der Waals surface area contributed by atoms with E-state index in [0.717, 1.165) is 12.0 Å². The van der Waals surface area contributed by atoms with Gasteiger partial charge in [-0.2, -0.15) is 0 Å². The van der Waals surface area contributed by atoms with Crippen LogP contribution in [0.3, 0.4) is 0 Å². The van der Waals surface area contributed by atoms with Crippen molar-refractivity contribution in [3.05, 3.63) is 64.9 Å². The minimum Gasteiger partial charge on any atom is -0.356 e. The van der Waals surface area contributed by atoms with Gasteiger partial charge in [-0.3, -0.25) is 9.79 Å². The molecule has 1 amide bonds. The fourth-order valence-corrected chi connectivity index (χ4v) is 2.23. The Kier molecular flexibility index (Phi) is 7.22. The molecule has 0 heterocycles. The molecule has 0 spiro atoms. The molecule has 2 rings (SSSR count). The van der Waals surface area contributed by atoms with Gasteiger partial charge in [-0.15, -0.1) is 0 Å². The Morgan fingerprint density at radius 1 is 1.08 bits per heavy atom. The summed E-state index contributed by atoms with van der Waals surface area (Å²) in [5.74, 6) is -0.0584. The van der Waals surface area contributed by atoms with Gasteiger partial charge in [0.05, 0.1) is 6.54 Å². The third-order valence-corrected chi connectivity index (χ3v) is 3.64. The van der Waals surface area contributed by atoms with Crippen LogP contribution in [-0.4, -0.2) is 32.0 Å². The van der Waals surface area contributed by atoms with Crippen molar-refractivity contribution in [2.75, 3.05) is 25.5 Å². The Bertz CT molecular complexity index is 717. The third kappa shape index (κ3) is 6.81. The van der Waals surface area contributed by atoms with E-state index in [1.165, 1.54) is 24.3 Å². The highest BCUT2D eigenvalue weighted by Gasteiger charge is 2.04. The molecule has 0 saturated carbocycles. The van der Waals surface area contributed by atoms with Crippen molar-refractivity contribution in [3.8, 4) is 0 Å². The molecule has 0 atom stereocenters. The number of hydrogen-bond donors (Lipinski definition) is 3. The van der Waals surface area contributed by atoms with E-state index in [4.69, 9.17) is 11.6 Å². The molecule has 0 bridgehead atoms. The summed E-state index contributed by atoms with van der Waals surface area (Å²) in [6, 6.07) is 13.2. The molecule has 25 heavy (non-hydrogen) atoms. The lowest BCUT2D eigenvalue weighted by atomic mass is 10.1. The molecular formula is C18H20ClFN4O. The zero-order valence-corrected chi connectivity index (χ0v) is 14.6. The maximum atomic E-state index is 12.8. The molecule has 5 nitrogen and oxygen atoms in total. The van der Waals surface area contributed by atoms with Gasteiger partial charge in [-0.1, -0.05) is 23.7 Å². The standard InChI is InChI=1S/C18H20ClFN4O/c1-21-18(22-11-10-13-2-4-14(19)5-3-13)23-12-17(25)24-16-8-6-15(20)7-9-16/h2-9H,10-12H2,1H3,(H,24,25)(H2,21,22,23). The number of rotatable bonds is 6. The van der Waals surface area contributed by atoms with Crippen molar-refractivity contribution < 1.29 is 9.18 Å². The first-order valence-electron chi connectivity index (χ1n) is 7.81. The van der Waals surface area contributed by atoms with E-state index in [9.17, 15) is 9.18 Å². The molecule has 0 saturated heterocycles. The van der Waals surface area contributed by atoms with E-state index >= 15 is 0 Å². The highest BCUT2D eigenvalue weighted by Crippen LogP contribution is 2.09. The van der Waals surface area contributed by atoms with E-state index in [1.807, 2.05) is 24.3 Å². The van der Waals surface area contributed by atoms with Crippen LogP contribution in [0.5, 0.6) is 0 Å². The van der Waals surface area contributed by atoms with Crippen LogP contribution < -0.4 is 16.0 Å². The van der Waals surface area contributed by atoms with E-state index in [1.54, 1.807) is 7.05 Å². The van der Waals surface area contributed by atoms with Crippen LogP contribution in [-0.2, 0) is 11.2 Å². The van der Waals surface area contributed by atoms with Gasteiger partial charge in [-0.25, -0.2) is 4.39 Å². The number of halogens is 2. The monoisotopic (exact) mass is 362 g/mol. The maximum Gasteiger partial charge on any atom is 0.243 e. The number of hydrogen-bond acceptors (Lipinski definition) is 2. The molecule has 3 N–H and O–H groups in total. The summed E-state index contributed by atoms with van der Waals surface area (Å²) in [4.78, 5) is 15.9. The summed E-state index contributed by atoms with van der Waals surface area (Å²) < 4.78 is 12.8. The van der Waals surface area contributed by atoms with E-state index in [0.29, 0.717) is 23.2 Å². The number of guanidine groups is 1. The van der Waals surface area contributed by atoms with Gasteiger partial charge in [-0.05, 0) is 48.4 Å². The zero-order chi connectivity index (χ0) is 18.1. The van der Waals surface area contributed by atoms with Gasteiger partial charge in [0.15, 0.2) is 5.96 Å². The molecule has 132 valence electrons. The summed E-state index contributed by atoms with van der Waals surface area (Å²) in [6.07, 6.45) is 0.805. The van der Waals surface area contributed by atoms with Crippen molar-refractivity contribution in [3.63, 3.8) is 0 Å². The van der Waals surface area contributed by atoms with Gasteiger partial charge in [0.2, 0.25) is 5.91 Å². The van der Waals surface area contributed by atoms with Crippen LogP contribution in [0.15, 0.2) is 53.5 Å². The number of nitrogens with zero attached hydrogens (tertiary/aromatic N) is 1. The van der Waals surface area contributed by atoms with Crippen LogP contribution in [0, 0.1) is 5.82 Å². The summed E-state index contributed by atoms with van der Waals surface area (Å²) >= 11 is 5.85. The Hall–Kier alpha value is -2.60. The zero-order valence-electron chi connectivity index (χ0n) is 13.9. The molecule has 2 aromatic rings. The Balaban J connectivity index is 1.71. The number of anilines is 1. The molecule has 0 aromatic heterocycles. The highest BCUT2D eigenvalue weighted by molar-refractivity contribution is 6.30. The molecule has 2 aromatic carbocycles. The number of nitrogens with one attached hydrogen (secondary N) is 3. The fourth-order valence-electron chi connectivity index (χ4n) is 2.10. The first-order chi connectivity index (χ1) is 12.1. The minimum atomic E-state index is -0.346. The lowest BCUT2D eigenvalue weighted by Crippen LogP contribution is -2.42. The summed E-state index contributed by atoms with van der Waals surface area (Å²) in [6.45, 7) is 0.721. The van der Waals surface area contributed by atoms with Crippen LogP contribution in [0.2, 0.25) is 5.02 Å². The molecular weight excluding hydrogens is 343 g/mol. The highest BCUT2D eigenvalue weighted by atomic mass is 35.5. The quantitative estimate of drug-likeness (QED) is 0.547. The number of amides is 1. The van der Waals surface area contributed by atoms with Crippen molar-refractivity contribution in [2.24, 2.45) is 4.99 Å². The number of aliphatic imine (C=N–C) groups is 1. The average molecular weight is 363 g/mol. The van der Waals surface area contributed by atoms with Crippen LogP contribution in [0.1, 0.15) is 5.56 Å². The summed E-state index contributed by atoms with van der Waals surface area (Å²) in [5.41, 5.74) is 1.69. The maximum absolute atomic E-state index is 12.8. The smallest absolute Gasteiger partial charge is 0.243 e. The molecule has 0 radical (unpaired) electrons. The van der Waals surface area contributed by atoms with Gasteiger partial charge < -0.3 is 16.0 Å². The molecule has 7 heteroatoms. The summed E-state index contributed by atoms with van der Waals surface area (Å²) in [7, 11) is 1.63. The summed E-state index contributed by atoms with van der Waals surface area (Å²) in [5, 5.41) is 9.45. The Labute approximate surface area is 151 Å². The van der Waals surface area contributed by atoms with Gasteiger partial charge >= 0.3 is 0 Å². The van der Waals surface area contributed by atoms with Crippen molar-refractivity contribution in [1.29, 1.82) is 0 Å². The lowest BCUT2D eigenvalue weighted by molar-refractivity contribution is -0.115. The van der Waals surface area contributed by atoms with E-state index in [-0.39, 0.29) is 18.3 Å². The van der Waals surface area contributed by atoms with Crippen molar-refractivity contribution in [2.45, 2.75) is 6.42 Å². The Morgan fingerprint density at radius 2 is 1.76 bits per heavy atom. The average Bonchev–Trinajstić information content (AvgIpc) is 2.61. The second-order valence-corrected chi connectivity index (χ2v) is 5.72. The van der Waals surface area contributed by atoms with Crippen molar-refractivity contribution >= 4 is 29.2 Å². The van der Waals surface area contributed by atoms with Gasteiger partial charge in [0.25, 0.3) is 0 Å². The van der Waals surface area contributed by atoms with Crippen molar-refractivity contribution in [1.82, 2.24) is 10.6 Å². The molecule has 0 fully saturated rings. The normalized spacial score (nSPS) is 11.1. The van der Waals surface area contributed by atoms with Crippen LogP contribution in [0.25, 0.3) is 0 Å². The molecule has 0 aliphatic heterocycles. The fraction of sp³-hybridized carbons (Fsp3) is 0.222. The third-order valence-electron chi connectivity index (χ3n) is 3.39. The Morgan fingerprint density at radius 3 is 2.40 bits per heavy atom. The molecule has 0 aliphatic rings. The predicted molar refractivity (Wildman–Crippen MR) is 99.6 cm³/mol. The predicted octanol–water partition coefficient (Wildman–Crippen LogP) is 2.83. The SMILES string of the molecule is CN=C(NCCc1ccc(Cl)cc1)NCC(=O)Nc1ccc(F)cc1. The number of carbonyl (C=O) groups is 1. The minimum absolute atomic E-state index is 0.0536. The number of carbonyl (C=O) groups excluding carboxylic acids is 1. The van der Waals surface area contributed by atoms with Crippen LogP contribution in [0.4, 0.5) is 10.1 Å². The largest absolute Gasteiger partial charge is 0.356 e. The van der Waals surface area contributed by atoms with Crippen LogP contribution >= 0.6 is 11.6 Å². The second kappa shape index (κ2) is 9.64. The first kappa shape index (κ1) is 18.7.